The maximum Gasteiger partial charge on any atom is 0.119 e. The van der Waals surface area contributed by atoms with Crippen LogP contribution in [0, 0.1) is 12.8 Å². The molecule has 0 spiro atoms. The standard InChI is InChI=1S/C28H40O/c1-4-6-8-9-23-10-12-24(13-11-23)26-16-19-28(22(3)21-26)25-14-17-27(18-15-25)29-20-7-5-2/h14-19,21,23-24H,4-13,20H2,1-3H3. The van der Waals surface area contributed by atoms with Crippen molar-refractivity contribution in [3.63, 3.8) is 0 Å². The first kappa shape index (κ1) is 21.9. The van der Waals surface area contributed by atoms with Gasteiger partial charge in [0.1, 0.15) is 5.75 Å². The van der Waals surface area contributed by atoms with Gasteiger partial charge in [0.2, 0.25) is 0 Å². The van der Waals surface area contributed by atoms with Gasteiger partial charge in [-0.25, -0.2) is 0 Å². The highest BCUT2D eigenvalue weighted by Crippen LogP contribution is 2.39. The SMILES string of the molecule is CCCCCC1CCC(c2ccc(-c3ccc(OCCCC)cc3)c(C)c2)CC1. The van der Waals surface area contributed by atoms with Gasteiger partial charge in [-0.15, -0.1) is 0 Å². The van der Waals surface area contributed by atoms with Crippen LogP contribution < -0.4 is 4.74 Å². The molecule has 2 aromatic rings. The Morgan fingerprint density at radius 3 is 2.21 bits per heavy atom. The van der Waals surface area contributed by atoms with Gasteiger partial charge in [0, 0.05) is 0 Å². The summed E-state index contributed by atoms with van der Waals surface area (Å²) in [6.45, 7) is 7.57. The third-order valence-electron chi connectivity index (χ3n) is 6.72. The Balaban J connectivity index is 1.58. The lowest BCUT2D eigenvalue weighted by Crippen LogP contribution is -2.13. The molecule has 1 aliphatic rings. The Morgan fingerprint density at radius 2 is 1.55 bits per heavy atom. The highest BCUT2D eigenvalue weighted by Gasteiger charge is 2.22. The maximum atomic E-state index is 5.81. The number of rotatable bonds is 10. The zero-order chi connectivity index (χ0) is 20.5. The van der Waals surface area contributed by atoms with Crippen LogP contribution in [-0.4, -0.2) is 6.61 Å². The molecule has 0 saturated heterocycles. The van der Waals surface area contributed by atoms with E-state index in [1.165, 1.54) is 74.5 Å². The third-order valence-corrected chi connectivity index (χ3v) is 6.72. The first-order chi connectivity index (χ1) is 14.2. The van der Waals surface area contributed by atoms with Gasteiger partial charge in [0.15, 0.2) is 0 Å². The van der Waals surface area contributed by atoms with Crippen LogP contribution in [0.25, 0.3) is 11.1 Å². The van der Waals surface area contributed by atoms with Gasteiger partial charge >= 0.3 is 0 Å². The first-order valence-corrected chi connectivity index (χ1v) is 12.0. The van der Waals surface area contributed by atoms with Crippen LogP contribution in [0.1, 0.15) is 95.1 Å². The summed E-state index contributed by atoms with van der Waals surface area (Å²) in [6.07, 6.45) is 13.5. The van der Waals surface area contributed by atoms with E-state index in [1.54, 1.807) is 5.56 Å². The molecule has 158 valence electrons. The van der Waals surface area contributed by atoms with Crippen molar-refractivity contribution in [3.8, 4) is 16.9 Å². The van der Waals surface area contributed by atoms with E-state index in [0.29, 0.717) is 0 Å². The van der Waals surface area contributed by atoms with Crippen LogP contribution in [0.4, 0.5) is 0 Å². The lowest BCUT2D eigenvalue weighted by atomic mass is 9.76. The van der Waals surface area contributed by atoms with Gasteiger partial charge in [-0.3, -0.25) is 0 Å². The Labute approximate surface area is 178 Å². The van der Waals surface area contributed by atoms with Crippen LogP contribution in [-0.2, 0) is 0 Å². The molecule has 1 nitrogen and oxygen atoms in total. The molecule has 1 fully saturated rings. The van der Waals surface area contributed by atoms with Crippen LogP contribution in [0.15, 0.2) is 42.5 Å². The first-order valence-electron chi connectivity index (χ1n) is 12.0. The van der Waals surface area contributed by atoms with Crippen molar-refractivity contribution in [2.75, 3.05) is 6.61 Å². The number of unbranched alkanes of at least 4 members (excludes halogenated alkanes) is 3. The van der Waals surface area contributed by atoms with Gasteiger partial charge < -0.3 is 4.74 Å². The summed E-state index contributed by atoms with van der Waals surface area (Å²) in [5.41, 5.74) is 5.59. The average molecular weight is 393 g/mol. The minimum atomic E-state index is 0.763. The topological polar surface area (TPSA) is 9.23 Å². The molecule has 0 unspecified atom stereocenters. The molecule has 0 amide bonds. The molecule has 3 rings (SSSR count). The highest BCUT2D eigenvalue weighted by molar-refractivity contribution is 5.68. The lowest BCUT2D eigenvalue weighted by Gasteiger charge is -2.29. The number of aryl methyl sites for hydroxylation is 1. The van der Waals surface area contributed by atoms with E-state index < -0.39 is 0 Å². The number of ether oxygens (including phenoxy) is 1. The monoisotopic (exact) mass is 392 g/mol. The van der Waals surface area contributed by atoms with Gasteiger partial charge in [0.05, 0.1) is 6.61 Å². The molecule has 0 atom stereocenters. The molecule has 1 aliphatic carbocycles. The Kier molecular flexibility index (Phi) is 8.65. The minimum absolute atomic E-state index is 0.763. The fraction of sp³-hybridized carbons (Fsp3) is 0.571. The molecule has 0 heterocycles. The zero-order valence-corrected chi connectivity index (χ0v) is 18.9. The summed E-state index contributed by atoms with van der Waals surface area (Å²) in [6, 6.07) is 15.8. The predicted octanol–water partition coefficient (Wildman–Crippen LogP) is 8.70. The maximum absolute atomic E-state index is 5.81. The van der Waals surface area contributed by atoms with Gasteiger partial charge in [0.25, 0.3) is 0 Å². The highest BCUT2D eigenvalue weighted by atomic mass is 16.5. The van der Waals surface area contributed by atoms with E-state index in [2.05, 4.69) is 63.2 Å². The minimum Gasteiger partial charge on any atom is -0.494 e. The molecule has 2 aromatic carbocycles. The van der Waals surface area contributed by atoms with Crippen molar-refractivity contribution < 1.29 is 4.74 Å². The molecule has 1 heteroatoms. The van der Waals surface area contributed by atoms with Gasteiger partial charge in [-0.1, -0.05) is 76.3 Å². The van der Waals surface area contributed by atoms with E-state index in [1.807, 2.05) is 0 Å². The molecule has 0 bridgehead atoms. The van der Waals surface area contributed by atoms with Crippen molar-refractivity contribution >= 4 is 0 Å². The zero-order valence-electron chi connectivity index (χ0n) is 18.9. The summed E-state index contributed by atoms with van der Waals surface area (Å²) < 4.78 is 5.81. The summed E-state index contributed by atoms with van der Waals surface area (Å²) >= 11 is 0. The summed E-state index contributed by atoms with van der Waals surface area (Å²) in [7, 11) is 0. The molecular weight excluding hydrogens is 352 g/mol. The summed E-state index contributed by atoms with van der Waals surface area (Å²) in [5.74, 6) is 2.72. The van der Waals surface area contributed by atoms with Gasteiger partial charge in [-0.2, -0.15) is 0 Å². The van der Waals surface area contributed by atoms with Crippen LogP contribution in [0.3, 0.4) is 0 Å². The lowest BCUT2D eigenvalue weighted by molar-refractivity contribution is 0.303. The Morgan fingerprint density at radius 1 is 0.828 bits per heavy atom. The van der Waals surface area contributed by atoms with E-state index in [-0.39, 0.29) is 0 Å². The largest absolute Gasteiger partial charge is 0.494 e. The number of benzene rings is 2. The van der Waals surface area contributed by atoms with E-state index in [9.17, 15) is 0 Å². The van der Waals surface area contributed by atoms with Crippen molar-refractivity contribution in [3.05, 3.63) is 53.6 Å². The second-order valence-corrected chi connectivity index (χ2v) is 9.01. The number of hydrogen-bond acceptors (Lipinski definition) is 1. The summed E-state index contributed by atoms with van der Waals surface area (Å²) in [5, 5.41) is 0. The normalized spacial score (nSPS) is 19.3. The average Bonchev–Trinajstić information content (AvgIpc) is 2.75. The molecule has 0 N–H and O–H groups in total. The van der Waals surface area contributed by atoms with Crippen molar-refractivity contribution in [2.24, 2.45) is 5.92 Å². The second kappa shape index (κ2) is 11.4. The molecular formula is C28H40O. The second-order valence-electron chi connectivity index (χ2n) is 9.01. The number of hydrogen-bond donors (Lipinski definition) is 0. The predicted molar refractivity (Wildman–Crippen MR) is 126 cm³/mol. The van der Waals surface area contributed by atoms with Crippen molar-refractivity contribution in [2.45, 2.75) is 90.9 Å². The van der Waals surface area contributed by atoms with E-state index >= 15 is 0 Å². The van der Waals surface area contributed by atoms with Crippen molar-refractivity contribution in [1.82, 2.24) is 0 Å². The quantitative estimate of drug-likeness (QED) is 0.367. The van der Waals surface area contributed by atoms with Crippen LogP contribution >= 0.6 is 0 Å². The fourth-order valence-corrected chi connectivity index (χ4v) is 4.80. The smallest absolute Gasteiger partial charge is 0.119 e. The third kappa shape index (κ3) is 6.36. The Hall–Kier alpha value is -1.76. The molecule has 1 saturated carbocycles. The molecule has 29 heavy (non-hydrogen) atoms. The van der Waals surface area contributed by atoms with E-state index in [4.69, 9.17) is 4.74 Å². The van der Waals surface area contributed by atoms with Crippen molar-refractivity contribution in [1.29, 1.82) is 0 Å². The Bertz CT molecular complexity index is 722. The molecule has 0 radical (unpaired) electrons. The van der Waals surface area contributed by atoms with Crippen LogP contribution in [0.5, 0.6) is 5.75 Å². The van der Waals surface area contributed by atoms with Gasteiger partial charge in [-0.05, 0) is 85.3 Å². The molecule has 0 aliphatic heterocycles. The van der Waals surface area contributed by atoms with Crippen LogP contribution in [0.2, 0.25) is 0 Å². The summed E-state index contributed by atoms with van der Waals surface area (Å²) in [4.78, 5) is 0. The fourth-order valence-electron chi connectivity index (χ4n) is 4.80. The molecule has 0 aromatic heterocycles. The van der Waals surface area contributed by atoms with E-state index in [0.717, 1.165) is 30.6 Å².